The van der Waals surface area contributed by atoms with E-state index < -0.39 is 0 Å². The first kappa shape index (κ1) is 7.59. The number of hydrogen-bond donors (Lipinski definition) is 0. The predicted molar refractivity (Wildman–Crippen MR) is 40.1 cm³/mol. The minimum absolute atomic E-state index is 0.291. The Labute approximate surface area is 73.3 Å². The Kier molecular flexibility index (Phi) is 2.08. The molecule has 0 aliphatic rings. The molecule has 2 aromatic heterocycles. The number of nitrogens with zero attached hydrogens (tertiary/aromatic N) is 6. The van der Waals surface area contributed by atoms with Crippen molar-refractivity contribution < 1.29 is 4.84 Å². The van der Waals surface area contributed by atoms with Gasteiger partial charge in [0, 0.05) is 12.4 Å². The van der Waals surface area contributed by atoms with Crippen molar-refractivity contribution in [1.29, 1.82) is 0 Å². The lowest BCUT2D eigenvalue weighted by atomic mass is 10.5. The van der Waals surface area contributed by atoms with Crippen LogP contribution in [0.3, 0.4) is 0 Å². The molecular formula is C6H6N6O. The van der Waals surface area contributed by atoms with Crippen molar-refractivity contribution >= 4 is 0 Å². The Morgan fingerprint density at radius 1 is 1.38 bits per heavy atom. The number of rotatable bonds is 3. The van der Waals surface area contributed by atoms with E-state index >= 15 is 0 Å². The maximum absolute atomic E-state index is 5.11. The minimum atomic E-state index is 0.291. The van der Waals surface area contributed by atoms with Crippen molar-refractivity contribution in [3.63, 3.8) is 0 Å². The van der Waals surface area contributed by atoms with Crippen LogP contribution in [0.1, 0.15) is 5.69 Å². The lowest BCUT2D eigenvalue weighted by Crippen LogP contribution is -2.12. The molecule has 7 nitrogen and oxygen atoms in total. The van der Waals surface area contributed by atoms with Crippen molar-refractivity contribution in [3.8, 4) is 0 Å². The van der Waals surface area contributed by atoms with Gasteiger partial charge in [-0.1, -0.05) is 4.85 Å². The molecule has 2 aromatic rings. The molecule has 0 radical (unpaired) electrons. The summed E-state index contributed by atoms with van der Waals surface area (Å²) in [5.74, 6) is 0. The lowest BCUT2D eigenvalue weighted by Gasteiger charge is -2.00. The maximum Gasteiger partial charge on any atom is 0.179 e. The second-order valence-corrected chi connectivity index (χ2v) is 2.18. The summed E-state index contributed by atoms with van der Waals surface area (Å²) in [6.45, 7) is 0.291. The molecule has 2 heterocycles. The smallest absolute Gasteiger partial charge is 0.179 e. The van der Waals surface area contributed by atoms with Gasteiger partial charge in [-0.05, 0) is 10.4 Å². The van der Waals surface area contributed by atoms with E-state index in [-0.39, 0.29) is 0 Å². The molecule has 7 heteroatoms. The summed E-state index contributed by atoms with van der Waals surface area (Å²) in [6, 6.07) is 0. The zero-order valence-corrected chi connectivity index (χ0v) is 6.61. The molecule has 2 rings (SSSR count). The molecule has 66 valence electrons. The summed E-state index contributed by atoms with van der Waals surface area (Å²) < 4.78 is 0. The molecular weight excluding hydrogens is 172 g/mol. The first-order valence-corrected chi connectivity index (χ1v) is 3.56. The zero-order valence-electron chi connectivity index (χ0n) is 6.61. The van der Waals surface area contributed by atoms with E-state index in [0.29, 0.717) is 6.61 Å². The fraction of sp³-hybridized carbons (Fsp3) is 0.167. The summed E-state index contributed by atoms with van der Waals surface area (Å²) in [5, 5.41) is 10.3. The van der Waals surface area contributed by atoms with Gasteiger partial charge in [0.25, 0.3) is 0 Å². The van der Waals surface area contributed by atoms with E-state index in [1.165, 1.54) is 6.33 Å². The summed E-state index contributed by atoms with van der Waals surface area (Å²) in [6.07, 6.45) is 6.17. The fourth-order valence-electron chi connectivity index (χ4n) is 0.749. The SMILES string of the molecule is c1cnc(COn2cnnn2)cn1. The van der Waals surface area contributed by atoms with Gasteiger partial charge in [0.2, 0.25) is 0 Å². The van der Waals surface area contributed by atoms with Crippen molar-refractivity contribution in [1.82, 2.24) is 30.3 Å². The van der Waals surface area contributed by atoms with Gasteiger partial charge in [-0.3, -0.25) is 9.97 Å². The zero-order chi connectivity index (χ0) is 8.93. The molecule has 0 saturated carbocycles. The third-order valence-electron chi connectivity index (χ3n) is 1.29. The first-order valence-electron chi connectivity index (χ1n) is 3.56. The summed E-state index contributed by atoms with van der Waals surface area (Å²) in [5.41, 5.74) is 0.720. The highest BCUT2D eigenvalue weighted by Gasteiger charge is 1.95. The normalized spacial score (nSPS) is 9.85. The first-order chi connectivity index (χ1) is 6.45. The van der Waals surface area contributed by atoms with Gasteiger partial charge in [-0.15, -0.1) is 5.10 Å². The van der Waals surface area contributed by atoms with Gasteiger partial charge in [-0.2, -0.15) is 0 Å². The second kappa shape index (κ2) is 3.57. The van der Waals surface area contributed by atoms with Crippen LogP contribution >= 0.6 is 0 Å². The van der Waals surface area contributed by atoms with Gasteiger partial charge in [0.05, 0.1) is 11.9 Å². The number of hydrogen-bond acceptors (Lipinski definition) is 6. The third kappa shape index (κ3) is 1.95. The monoisotopic (exact) mass is 178 g/mol. The van der Waals surface area contributed by atoms with Crippen molar-refractivity contribution in [2.45, 2.75) is 6.61 Å². The van der Waals surface area contributed by atoms with Crippen LogP contribution in [0.15, 0.2) is 24.9 Å². The molecule has 0 aliphatic heterocycles. The van der Waals surface area contributed by atoms with Gasteiger partial charge >= 0.3 is 0 Å². The Morgan fingerprint density at radius 3 is 3.08 bits per heavy atom. The topological polar surface area (TPSA) is 78.6 Å². The highest BCUT2D eigenvalue weighted by atomic mass is 16.7. The van der Waals surface area contributed by atoms with Crippen LogP contribution in [0.4, 0.5) is 0 Å². The summed E-state index contributed by atoms with van der Waals surface area (Å²) >= 11 is 0. The Morgan fingerprint density at radius 2 is 2.38 bits per heavy atom. The van der Waals surface area contributed by atoms with Crippen LogP contribution in [-0.2, 0) is 6.61 Å². The predicted octanol–water partition coefficient (Wildman–Crippen LogP) is -0.908. The molecule has 0 aromatic carbocycles. The molecule has 0 bridgehead atoms. The van der Waals surface area contributed by atoms with Crippen LogP contribution in [-0.4, -0.2) is 30.3 Å². The highest BCUT2D eigenvalue weighted by Crippen LogP contribution is 1.89. The van der Waals surface area contributed by atoms with E-state index in [0.717, 1.165) is 10.5 Å². The van der Waals surface area contributed by atoms with Crippen LogP contribution in [0.5, 0.6) is 0 Å². The molecule has 0 saturated heterocycles. The fourth-order valence-corrected chi connectivity index (χ4v) is 0.749. The minimum Gasteiger partial charge on any atom is -0.388 e. The number of tetrazole rings is 1. The van der Waals surface area contributed by atoms with E-state index in [2.05, 4.69) is 25.5 Å². The molecule has 0 N–H and O–H groups in total. The maximum atomic E-state index is 5.11. The summed E-state index contributed by atoms with van der Waals surface area (Å²) in [4.78, 5) is 14.2. The number of aromatic nitrogens is 6. The van der Waals surface area contributed by atoms with Gasteiger partial charge in [-0.25, -0.2) is 0 Å². The van der Waals surface area contributed by atoms with Crippen molar-refractivity contribution in [3.05, 3.63) is 30.6 Å². The standard InChI is InChI=1S/C6H6N6O/c1-2-8-6(3-7-1)4-13-12-5-9-10-11-12/h1-3,5H,4H2. The van der Waals surface area contributed by atoms with E-state index in [1.807, 2.05) is 0 Å². The quantitative estimate of drug-likeness (QED) is 0.605. The lowest BCUT2D eigenvalue weighted by molar-refractivity contribution is 0.0637. The van der Waals surface area contributed by atoms with E-state index in [4.69, 9.17) is 4.84 Å². The largest absolute Gasteiger partial charge is 0.388 e. The molecule has 13 heavy (non-hydrogen) atoms. The van der Waals surface area contributed by atoms with Crippen LogP contribution in [0.2, 0.25) is 0 Å². The van der Waals surface area contributed by atoms with Crippen molar-refractivity contribution in [2.75, 3.05) is 0 Å². The van der Waals surface area contributed by atoms with Gasteiger partial charge in [0.1, 0.15) is 0 Å². The second-order valence-electron chi connectivity index (χ2n) is 2.18. The van der Waals surface area contributed by atoms with Crippen LogP contribution < -0.4 is 4.84 Å². The Hall–Kier alpha value is -2.05. The van der Waals surface area contributed by atoms with Crippen molar-refractivity contribution in [2.24, 2.45) is 0 Å². The van der Waals surface area contributed by atoms with E-state index in [9.17, 15) is 0 Å². The average Bonchev–Trinajstić information content (AvgIpc) is 2.69. The molecule has 0 spiro atoms. The Bertz CT molecular complexity index is 347. The van der Waals surface area contributed by atoms with E-state index in [1.54, 1.807) is 18.6 Å². The highest BCUT2D eigenvalue weighted by molar-refractivity contribution is 4.91. The molecule has 0 amide bonds. The Balaban J connectivity index is 1.94. The average molecular weight is 178 g/mol. The molecule has 0 unspecified atom stereocenters. The molecule has 0 fully saturated rings. The van der Waals surface area contributed by atoms with Crippen LogP contribution in [0, 0.1) is 0 Å². The molecule has 0 aliphatic carbocycles. The summed E-state index contributed by atoms with van der Waals surface area (Å²) in [7, 11) is 0. The van der Waals surface area contributed by atoms with Crippen LogP contribution in [0.25, 0.3) is 0 Å². The van der Waals surface area contributed by atoms with Gasteiger partial charge in [0.15, 0.2) is 12.9 Å². The van der Waals surface area contributed by atoms with Gasteiger partial charge < -0.3 is 4.84 Å². The molecule has 0 atom stereocenters. The third-order valence-corrected chi connectivity index (χ3v) is 1.29.